The first kappa shape index (κ1) is 98.1. The van der Waals surface area contributed by atoms with E-state index < -0.39 is 97.5 Å². The van der Waals surface area contributed by atoms with Gasteiger partial charge in [0.15, 0.2) is 12.2 Å². The normalized spacial score (nSPS) is 14.5. The summed E-state index contributed by atoms with van der Waals surface area (Å²) in [6.07, 6.45) is 59.6. The van der Waals surface area contributed by atoms with E-state index in [-0.39, 0.29) is 25.7 Å². The number of aliphatic hydroxyl groups is 1. The molecule has 100 heavy (non-hydrogen) atoms. The van der Waals surface area contributed by atoms with E-state index in [1.807, 2.05) is 0 Å². The second-order valence-corrected chi connectivity index (χ2v) is 33.0. The number of phosphoric acid groups is 2. The number of aliphatic hydroxyl groups excluding tert-OH is 1. The molecule has 0 saturated heterocycles. The summed E-state index contributed by atoms with van der Waals surface area (Å²) < 4.78 is 68.7. The average Bonchev–Trinajstić information content (AvgIpc) is 1.03. The third-order valence-corrected chi connectivity index (χ3v) is 21.5. The number of carbonyl (C=O) groups is 4. The lowest BCUT2D eigenvalue weighted by molar-refractivity contribution is -0.161. The molecule has 4 unspecified atom stereocenters. The molecule has 3 N–H and O–H groups in total. The van der Waals surface area contributed by atoms with Crippen molar-refractivity contribution in [1.82, 2.24) is 0 Å². The fourth-order valence-corrected chi connectivity index (χ4v) is 14.0. The van der Waals surface area contributed by atoms with Crippen LogP contribution >= 0.6 is 15.6 Å². The Bertz CT molecular complexity index is 1940. The molecule has 0 radical (unpaired) electrons. The molecule has 0 heterocycles. The molecule has 0 aromatic carbocycles. The number of hydrogen-bond donors (Lipinski definition) is 3. The lowest BCUT2D eigenvalue weighted by Gasteiger charge is -2.21. The van der Waals surface area contributed by atoms with Crippen LogP contribution in [0.5, 0.6) is 0 Å². The Balaban J connectivity index is 5.21. The first-order valence-corrected chi connectivity index (χ1v) is 44.9. The minimum absolute atomic E-state index is 0.107. The van der Waals surface area contributed by atoms with Gasteiger partial charge in [0.05, 0.1) is 26.4 Å². The summed E-state index contributed by atoms with van der Waals surface area (Å²) in [6, 6.07) is 0. The van der Waals surface area contributed by atoms with Crippen molar-refractivity contribution in [3.63, 3.8) is 0 Å². The van der Waals surface area contributed by atoms with Crippen LogP contribution in [0.4, 0.5) is 0 Å². The molecule has 0 spiro atoms. The summed E-state index contributed by atoms with van der Waals surface area (Å²) >= 11 is 0. The smallest absolute Gasteiger partial charge is 0.462 e. The quantitative estimate of drug-likeness (QED) is 0.0222. The van der Waals surface area contributed by atoms with Crippen LogP contribution in [0.3, 0.4) is 0 Å². The lowest BCUT2D eigenvalue weighted by atomic mass is 9.99. The highest BCUT2D eigenvalue weighted by Gasteiger charge is 2.30. The van der Waals surface area contributed by atoms with Crippen molar-refractivity contribution in [2.75, 3.05) is 39.6 Å². The molecule has 0 aliphatic rings. The predicted octanol–water partition coefficient (Wildman–Crippen LogP) is 24.1. The molecule has 0 aliphatic heterocycles. The highest BCUT2D eigenvalue weighted by atomic mass is 31.2. The fourth-order valence-electron chi connectivity index (χ4n) is 12.4. The van der Waals surface area contributed by atoms with Crippen molar-refractivity contribution in [2.45, 2.75) is 439 Å². The summed E-state index contributed by atoms with van der Waals surface area (Å²) in [4.78, 5) is 73.0. The maximum Gasteiger partial charge on any atom is 0.472 e. The Morgan fingerprint density at radius 3 is 0.760 bits per heavy atom. The maximum absolute atomic E-state index is 13.1. The van der Waals surface area contributed by atoms with Crippen LogP contribution in [-0.4, -0.2) is 96.7 Å². The van der Waals surface area contributed by atoms with Gasteiger partial charge in [-0.05, 0) is 43.4 Å². The summed E-state index contributed by atoms with van der Waals surface area (Å²) in [5.41, 5.74) is 0. The predicted molar refractivity (Wildman–Crippen MR) is 409 cm³/mol. The zero-order valence-corrected chi connectivity index (χ0v) is 67.5. The van der Waals surface area contributed by atoms with Crippen molar-refractivity contribution < 1.29 is 80.2 Å². The van der Waals surface area contributed by atoms with Crippen LogP contribution < -0.4 is 0 Å². The van der Waals surface area contributed by atoms with Gasteiger partial charge in [-0.2, -0.15) is 0 Å². The molecule has 594 valence electrons. The third kappa shape index (κ3) is 71.7. The molecular weight excluding hydrogens is 1310 g/mol. The van der Waals surface area contributed by atoms with E-state index in [1.54, 1.807) is 0 Å². The number of rotatable bonds is 79. The largest absolute Gasteiger partial charge is 0.472 e. The van der Waals surface area contributed by atoms with Crippen LogP contribution in [0, 0.1) is 17.8 Å². The Morgan fingerprint density at radius 1 is 0.290 bits per heavy atom. The van der Waals surface area contributed by atoms with Gasteiger partial charge in [-0.15, -0.1) is 0 Å². The van der Waals surface area contributed by atoms with E-state index in [2.05, 4.69) is 48.5 Å². The lowest BCUT2D eigenvalue weighted by Crippen LogP contribution is -2.30. The molecule has 0 aliphatic carbocycles. The van der Waals surface area contributed by atoms with Gasteiger partial charge < -0.3 is 33.8 Å². The summed E-state index contributed by atoms with van der Waals surface area (Å²) in [5.74, 6) is 0.261. The minimum Gasteiger partial charge on any atom is -0.462 e. The van der Waals surface area contributed by atoms with Crippen molar-refractivity contribution >= 4 is 39.5 Å². The zero-order valence-electron chi connectivity index (χ0n) is 65.7. The Kier molecular flexibility index (Phi) is 69.9. The van der Waals surface area contributed by atoms with Gasteiger partial charge in [-0.3, -0.25) is 37.3 Å². The standard InChI is InChI=1S/C81H158O17P2/c1-8-11-12-13-14-15-16-17-25-30-36-41-50-57-64-81(86)98-77(69-92-79(84)63-56-49-44-43-47-54-61-74(7)10-3)71-96-100(89,90)94-67-75(82)66-93-99(87,88)95-70-76(68-91-78(83)62-55-48-40-35-32-27-28-33-38-45-52-59-72(4)5)97-80(85)65-58-51-42-37-31-26-23-21-19-18-20-22-24-29-34-39-46-53-60-73(6)9-2/h72-77,82H,8-71H2,1-7H3,(H,87,88)(H,89,90)/t73?,74?,75-,76-,77-/m1/s1. The van der Waals surface area contributed by atoms with Gasteiger partial charge in [0, 0.05) is 25.7 Å². The number of phosphoric ester groups is 2. The Morgan fingerprint density at radius 2 is 0.510 bits per heavy atom. The molecule has 0 rings (SSSR count). The van der Waals surface area contributed by atoms with Crippen molar-refractivity contribution in [1.29, 1.82) is 0 Å². The highest BCUT2D eigenvalue weighted by Crippen LogP contribution is 2.45. The molecule has 17 nitrogen and oxygen atoms in total. The van der Waals surface area contributed by atoms with Crippen molar-refractivity contribution in [3.05, 3.63) is 0 Å². The van der Waals surface area contributed by atoms with Gasteiger partial charge in [0.25, 0.3) is 0 Å². The van der Waals surface area contributed by atoms with Gasteiger partial charge in [0.2, 0.25) is 0 Å². The highest BCUT2D eigenvalue weighted by molar-refractivity contribution is 7.47. The summed E-state index contributed by atoms with van der Waals surface area (Å²) in [6.45, 7) is 12.0. The number of hydrogen-bond acceptors (Lipinski definition) is 15. The van der Waals surface area contributed by atoms with E-state index in [4.69, 9.17) is 37.0 Å². The molecule has 0 saturated carbocycles. The number of ether oxygens (including phenoxy) is 4. The molecule has 0 aromatic rings. The van der Waals surface area contributed by atoms with Crippen LogP contribution in [0.2, 0.25) is 0 Å². The second-order valence-electron chi connectivity index (χ2n) is 30.1. The van der Waals surface area contributed by atoms with Gasteiger partial charge in [-0.25, -0.2) is 9.13 Å². The van der Waals surface area contributed by atoms with Gasteiger partial charge >= 0.3 is 39.5 Å². The molecule has 0 fully saturated rings. The minimum atomic E-state index is -4.96. The van der Waals surface area contributed by atoms with E-state index in [9.17, 15) is 43.2 Å². The van der Waals surface area contributed by atoms with E-state index >= 15 is 0 Å². The van der Waals surface area contributed by atoms with Crippen molar-refractivity contribution in [3.8, 4) is 0 Å². The first-order chi connectivity index (χ1) is 48.3. The maximum atomic E-state index is 13.1. The van der Waals surface area contributed by atoms with Crippen LogP contribution in [0.1, 0.15) is 421 Å². The molecule has 19 heteroatoms. The fraction of sp³-hybridized carbons (Fsp3) is 0.951. The Hall–Kier alpha value is -1.94. The molecule has 0 amide bonds. The van der Waals surface area contributed by atoms with Crippen LogP contribution in [0.15, 0.2) is 0 Å². The molecule has 0 aromatic heterocycles. The molecule has 0 bridgehead atoms. The summed E-state index contributed by atoms with van der Waals surface area (Å²) in [7, 11) is -9.92. The van der Waals surface area contributed by atoms with Gasteiger partial charge in [-0.1, -0.05) is 370 Å². The SMILES string of the molecule is CCCCCCCCCCCCCCCCC(=O)O[C@H](COC(=O)CCCCCCCCC(C)CC)COP(=O)(O)OC[C@H](O)COP(=O)(O)OC[C@@H](COC(=O)CCCCCCCCCCCCCC(C)C)OC(=O)CCCCCCCCCCCCCCCCCCCCC(C)CC. The third-order valence-electron chi connectivity index (χ3n) is 19.6. The monoisotopic (exact) mass is 1470 g/mol. The van der Waals surface area contributed by atoms with Crippen LogP contribution in [0.25, 0.3) is 0 Å². The first-order valence-electron chi connectivity index (χ1n) is 41.9. The second kappa shape index (κ2) is 71.3. The average molecular weight is 1470 g/mol. The van der Waals surface area contributed by atoms with E-state index in [0.29, 0.717) is 25.7 Å². The molecular formula is C81H158O17P2. The molecule has 7 atom stereocenters. The topological polar surface area (TPSA) is 237 Å². The van der Waals surface area contributed by atoms with Crippen LogP contribution in [-0.2, 0) is 65.4 Å². The Labute approximate surface area is 613 Å². The number of unbranched alkanes of at least 4 members (excludes halogenated alkanes) is 45. The number of carbonyl (C=O) groups excluding carboxylic acids is 4. The zero-order chi connectivity index (χ0) is 73.7. The van der Waals surface area contributed by atoms with E-state index in [1.165, 1.54) is 225 Å². The summed E-state index contributed by atoms with van der Waals surface area (Å²) in [5, 5.41) is 10.6. The van der Waals surface area contributed by atoms with E-state index in [0.717, 1.165) is 114 Å². The van der Waals surface area contributed by atoms with Gasteiger partial charge in [0.1, 0.15) is 19.3 Å². The van der Waals surface area contributed by atoms with Crippen molar-refractivity contribution in [2.24, 2.45) is 17.8 Å². The number of esters is 4.